The smallest absolute Gasteiger partial charge is 0.0435 e. The van der Waals surface area contributed by atoms with Gasteiger partial charge in [-0.05, 0) is 85.9 Å². The largest absolute Gasteiger partial charge is 0.396 e. The first-order valence-electron chi connectivity index (χ1n) is 9.47. The Morgan fingerprint density at radius 1 is 1.31 bits per heavy atom. The summed E-state index contributed by atoms with van der Waals surface area (Å²) >= 11 is 6.08. The van der Waals surface area contributed by atoms with Crippen LogP contribution < -0.4 is 0 Å². The molecule has 0 radical (unpaired) electrons. The lowest BCUT2D eigenvalue weighted by Gasteiger charge is -2.13. The fourth-order valence-electron chi connectivity index (χ4n) is 2.71. The summed E-state index contributed by atoms with van der Waals surface area (Å²) in [6.07, 6.45) is 11.9. The molecule has 0 saturated heterocycles. The summed E-state index contributed by atoms with van der Waals surface area (Å²) in [5.74, 6) is 0. The number of unbranched alkanes of at least 4 members (excludes halogenated alkanes) is 1. The SMILES string of the molecule is C=C(Cc1ccc(Cl)c(C)c1)/C(C)=C/C1=C(C)C=CCC1.CCCCO. The normalized spacial score (nSPS) is 14.2. The molecule has 0 saturated carbocycles. The molecular formula is C24H33ClO. The van der Waals surface area contributed by atoms with Gasteiger partial charge in [-0.3, -0.25) is 0 Å². The second kappa shape index (κ2) is 11.9. The zero-order valence-corrected chi connectivity index (χ0v) is 17.5. The molecule has 1 nitrogen and oxygen atoms in total. The van der Waals surface area contributed by atoms with Gasteiger partial charge in [0.05, 0.1) is 0 Å². The number of aliphatic hydroxyl groups excluding tert-OH is 1. The third-order valence-corrected chi connectivity index (χ3v) is 4.98. The number of hydrogen-bond acceptors (Lipinski definition) is 1. The van der Waals surface area contributed by atoms with Gasteiger partial charge in [-0.15, -0.1) is 0 Å². The van der Waals surface area contributed by atoms with Crippen molar-refractivity contribution in [2.75, 3.05) is 6.61 Å². The van der Waals surface area contributed by atoms with E-state index in [9.17, 15) is 0 Å². The van der Waals surface area contributed by atoms with Gasteiger partial charge in [-0.25, -0.2) is 0 Å². The van der Waals surface area contributed by atoms with E-state index in [2.05, 4.69) is 57.7 Å². The van der Waals surface area contributed by atoms with E-state index in [0.29, 0.717) is 6.61 Å². The molecule has 1 aromatic rings. The molecule has 1 N–H and O–H groups in total. The van der Waals surface area contributed by atoms with E-state index in [1.54, 1.807) is 0 Å². The lowest BCUT2D eigenvalue weighted by atomic mass is 9.93. The Kier molecular flexibility index (Phi) is 10.3. The number of aliphatic hydroxyl groups is 1. The zero-order chi connectivity index (χ0) is 19.5. The Labute approximate surface area is 164 Å². The van der Waals surface area contributed by atoms with Crippen LogP contribution in [0.5, 0.6) is 0 Å². The number of halogens is 1. The number of allylic oxidation sites excluding steroid dienone is 7. The highest BCUT2D eigenvalue weighted by atomic mass is 35.5. The summed E-state index contributed by atoms with van der Waals surface area (Å²) in [6, 6.07) is 6.20. The maximum absolute atomic E-state index is 8.07. The van der Waals surface area contributed by atoms with Crippen molar-refractivity contribution in [3.8, 4) is 0 Å². The van der Waals surface area contributed by atoms with Gasteiger partial charge in [-0.1, -0.05) is 61.9 Å². The third-order valence-electron chi connectivity index (χ3n) is 4.55. The Hall–Kier alpha value is -1.57. The van der Waals surface area contributed by atoms with Gasteiger partial charge in [0.15, 0.2) is 0 Å². The molecule has 0 fully saturated rings. The second-order valence-electron chi connectivity index (χ2n) is 6.92. The molecule has 0 aromatic heterocycles. The van der Waals surface area contributed by atoms with Crippen molar-refractivity contribution in [3.05, 3.63) is 81.4 Å². The van der Waals surface area contributed by atoms with Crippen molar-refractivity contribution in [2.45, 2.75) is 59.8 Å². The summed E-state index contributed by atoms with van der Waals surface area (Å²) in [5.41, 5.74) is 7.64. The van der Waals surface area contributed by atoms with Crippen LogP contribution in [0.25, 0.3) is 0 Å². The van der Waals surface area contributed by atoms with Gasteiger partial charge >= 0.3 is 0 Å². The minimum absolute atomic E-state index is 0.344. The van der Waals surface area contributed by atoms with Crippen LogP contribution in [0.2, 0.25) is 5.02 Å². The van der Waals surface area contributed by atoms with Gasteiger partial charge in [0, 0.05) is 11.6 Å². The molecule has 0 bridgehead atoms. The second-order valence-corrected chi connectivity index (χ2v) is 7.32. The van der Waals surface area contributed by atoms with E-state index < -0.39 is 0 Å². The van der Waals surface area contributed by atoms with Crippen LogP contribution in [0.1, 0.15) is 57.6 Å². The summed E-state index contributed by atoms with van der Waals surface area (Å²) in [5, 5.41) is 8.89. The quantitative estimate of drug-likeness (QED) is 0.526. The Balaban J connectivity index is 0.000000597. The van der Waals surface area contributed by atoms with E-state index in [1.165, 1.54) is 27.9 Å². The van der Waals surface area contributed by atoms with Gasteiger partial charge in [0.2, 0.25) is 0 Å². The van der Waals surface area contributed by atoms with Crippen LogP contribution in [0.3, 0.4) is 0 Å². The first-order valence-corrected chi connectivity index (χ1v) is 9.85. The average molecular weight is 373 g/mol. The van der Waals surface area contributed by atoms with Gasteiger partial charge in [0.25, 0.3) is 0 Å². The van der Waals surface area contributed by atoms with E-state index in [4.69, 9.17) is 16.7 Å². The number of rotatable bonds is 6. The Morgan fingerprint density at radius 2 is 2.04 bits per heavy atom. The van der Waals surface area contributed by atoms with Crippen LogP contribution in [0, 0.1) is 6.92 Å². The van der Waals surface area contributed by atoms with E-state index in [0.717, 1.165) is 42.7 Å². The highest BCUT2D eigenvalue weighted by molar-refractivity contribution is 6.31. The van der Waals surface area contributed by atoms with Gasteiger partial charge in [0.1, 0.15) is 0 Å². The summed E-state index contributed by atoms with van der Waals surface area (Å²) in [4.78, 5) is 0. The average Bonchev–Trinajstić information content (AvgIpc) is 2.61. The fraction of sp³-hybridized carbons (Fsp3) is 0.417. The van der Waals surface area contributed by atoms with Crippen molar-refractivity contribution in [2.24, 2.45) is 0 Å². The molecule has 1 aromatic carbocycles. The molecule has 2 rings (SSSR count). The van der Waals surface area contributed by atoms with Crippen molar-refractivity contribution in [3.63, 3.8) is 0 Å². The standard InChI is InChI=1S/C20H23Cl.C4H10O/c1-14-7-5-6-8-19(14)13-16(3)15(2)11-18-9-10-20(21)17(4)12-18;1-2-3-4-5/h5,7,9-10,12-13H,2,6,8,11H2,1,3-4H3;5H,2-4H2,1H3/b16-13+;. The van der Waals surface area contributed by atoms with Crippen molar-refractivity contribution in [1.82, 2.24) is 0 Å². The molecule has 1 aliphatic carbocycles. The molecule has 0 amide bonds. The van der Waals surface area contributed by atoms with Gasteiger partial charge < -0.3 is 5.11 Å². The minimum atomic E-state index is 0.344. The predicted octanol–water partition coefficient (Wildman–Crippen LogP) is 7.14. The monoisotopic (exact) mass is 372 g/mol. The molecule has 26 heavy (non-hydrogen) atoms. The number of hydrogen-bond donors (Lipinski definition) is 1. The molecule has 0 unspecified atom stereocenters. The first-order chi connectivity index (χ1) is 12.4. The van der Waals surface area contributed by atoms with Crippen molar-refractivity contribution < 1.29 is 5.11 Å². The summed E-state index contributed by atoms with van der Waals surface area (Å²) in [7, 11) is 0. The topological polar surface area (TPSA) is 20.2 Å². The summed E-state index contributed by atoms with van der Waals surface area (Å²) < 4.78 is 0. The number of aryl methyl sites for hydroxylation is 1. The van der Waals surface area contributed by atoms with Crippen molar-refractivity contribution in [1.29, 1.82) is 0 Å². The van der Waals surface area contributed by atoms with Crippen LogP contribution in [-0.2, 0) is 6.42 Å². The van der Waals surface area contributed by atoms with E-state index >= 15 is 0 Å². The maximum atomic E-state index is 8.07. The Morgan fingerprint density at radius 3 is 2.58 bits per heavy atom. The van der Waals surface area contributed by atoms with Crippen LogP contribution in [-0.4, -0.2) is 11.7 Å². The predicted molar refractivity (Wildman–Crippen MR) is 116 cm³/mol. The number of benzene rings is 1. The molecule has 1 aliphatic rings. The maximum Gasteiger partial charge on any atom is 0.0435 e. The molecule has 0 spiro atoms. The molecule has 2 heteroatoms. The minimum Gasteiger partial charge on any atom is -0.396 e. The highest BCUT2D eigenvalue weighted by Crippen LogP contribution is 2.24. The first kappa shape index (κ1) is 22.5. The highest BCUT2D eigenvalue weighted by Gasteiger charge is 2.06. The fourth-order valence-corrected chi connectivity index (χ4v) is 2.83. The Bertz CT molecular complexity index is 690. The van der Waals surface area contributed by atoms with Crippen molar-refractivity contribution >= 4 is 11.6 Å². The lowest BCUT2D eigenvalue weighted by molar-refractivity contribution is 0.287. The molecule has 0 aliphatic heterocycles. The van der Waals surface area contributed by atoms with E-state index in [-0.39, 0.29) is 0 Å². The van der Waals surface area contributed by atoms with Crippen LogP contribution in [0.4, 0.5) is 0 Å². The summed E-state index contributed by atoms with van der Waals surface area (Å²) in [6.45, 7) is 13.0. The lowest BCUT2D eigenvalue weighted by Crippen LogP contribution is -1.95. The van der Waals surface area contributed by atoms with Crippen LogP contribution in [0.15, 0.2) is 65.3 Å². The molecular weight excluding hydrogens is 340 g/mol. The molecule has 0 atom stereocenters. The van der Waals surface area contributed by atoms with E-state index in [1.807, 2.05) is 13.0 Å². The molecule has 142 valence electrons. The van der Waals surface area contributed by atoms with Crippen LogP contribution >= 0.6 is 11.6 Å². The zero-order valence-electron chi connectivity index (χ0n) is 16.7. The third kappa shape index (κ3) is 7.76. The molecule has 0 heterocycles. The van der Waals surface area contributed by atoms with Gasteiger partial charge in [-0.2, -0.15) is 0 Å².